The predicted octanol–water partition coefficient (Wildman–Crippen LogP) is 6.27. The van der Waals surface area contributed by atoms with Crippen LogP contribution in [0.2, 0.25) is 0 Å². The van der Waals surface area contributed by atoms with Gasteiger partial charge in [-0.25, -0.2) is 9.69 Å². The Kier molecular flexibility index (Phi) is 10.3. The standard InChI is InChI=1S/C31H45N3O4/c1-8-20-33(24(5)25-14-12-11-13-15-25)30(36)34-28(35)31(9-2,10-3)29(34)38-27-18-16-26(17-19-27)23(4)32(6)21-22-37-7/h11-19,23-24,29H,8-10,20-22H2,1-7H3/t23?,24-,29+/m1/s1. The number of carbonyl (C=O) groups excluding carboxylic acids is 2. The molecule has 0 N–H and O–H groups in total. The molecule has 0 spiro atoms. The molecule has 38 heavy (non-hydrogen) atoms. The van der Waals surface area contributed by atoms with E-state index in [2.05, 4.69) is 31.0 Å². The molecule has 208 valence electrons. The summed E-state index contributed by atoms with van der Waals surface area (Å²) in [7, 11) is 3.78. The van der Waals surface area contributed by atoms with Gasteiger partial charge in [0.25, 0.3) is 0 Å². The summed E-state index contributed by atoms with van der Waals surface area (Å²) < 4.78 is 11.7. The summed E-state index contributed by atoms with van der Waals surface area (Å²) in [6.45, 7) is 12.3. The first-order chi connectivity index (χ1) is 18.2. The number of imide groups is 1. The monoisotopic (exact) mass is 523 g/mol. The van der Waals surface area contributed by atoms with E-state index in [9.17, 15) is 9.59 Å². The molecule has 0 bridgehead atoms. The van der Waals surface area contributed by atoms with E-state index in [1.807, 2.05) is 70.2 Å². The van der Waals surface area contributed by atoms with Gasteiger partial charge in [0.05, 0.1) is 12.6 Å². The number of carbonyl (C=O) groups is 2. The van der Waals surface area contributed by atoms with Crippen LogP contribution in [0.5, 0.6) is 5.75 Å². The van der Waals surface area contributed by atoms with Crippen LogP contribution in [0.1, 0.15) is 77.1 Å². The highest BCUT2D eigenvalue weighted by molar-refractivity contribution is 6.03. The van der Waals surface area contributed by atoms with Crippen LogP contribution < -0.4 is 4.74 Å². The van der Waals surface area contributed by atoms with Crippen LogP contribution in [-0.2, 0) is 9.53 Å². The van der Waals surface area contributed by atoms with E-state index in [4.69, 9.17) is 9.47 Å². The molecular formula is C31H45N3O4. The van der Waals surface area contributed by atoms with Crippen LogP contribution in [0.25, 0.3) is 0 Å². The number of rotatable bonds is 13. The Bertz CT molecular complexity index is 1040. The molecule has 1 unspecified atom stereocenters. The zero-order chi connectivity index (χ0) is 27.9. The number of urea groups is 1. The fourth-order valence-electron chi connectivity index (χ4n) is 5.27. The SMILES string of the molecule is CCCN(C(=O)N1C(=O)C(CC)(CC)[C@@H]1Oc1ccc(C(C)N(C)CCOC)cc1)[C@H](C)c1ccccc1. The van der Waals surface area contributed by atoms with E-state index in [0.29, 0.717) is 31.7 Å². The zero-order valence-corrected chi connectivity index (χ0v) is 24.1. The van der Waals surface area contributed by atoms with E-state index in [1.165, 1.54) is 4.90 Å². The summed E-state index contributed by atoms with van der Waals surface area (Å²) in [6, 6.07) is 17.7. The summed E-state index contributed by atoms with van der Waals surface area (Å²) in [4.78, 5) is 32.8. The van der Waals surface area contributed by atoms with Crippen LogP contribution in [0.15, 0.2) is 54.6 Å². The van der Waals surface area contributed by atoms with Gasteiger partial charge in [0.15, 0.2) is 6.23 Å². The zero-order valence-electron chi connectivity index (χ0n) is 24.1. The second-order valence-corrected chi connectivity index (χ2v) is 10.3. The second kappa shape index (κ2) is 13.3. The number of benzene rings is 2. The van der Waals surface area contributed by atoms with Gasteiger partial charge in [-0.05, 0) is 63.4 Å². The molecule has 3 rings (SSSR count). The molecular weight excluding hydrogens is 478 g/mol. The van der Waals surface area contributed by atoms with Crippen LogP contribution in [0.3, 0.4) is 0 Å². The quantitative estimate of drug-likeness (QED) is 0.290. The number of amides is 3. The summed E-state index contributed by atoms with van der Waals surface area (Å²) >= 11 is 0. The number of likely N-dealkylation sites (N-methyl/N-ethyl adjacent to an activating group) is 1. The van der Waals surface area contributed by atoms with Crippen molar-refractivity contribution >= 4 is 11.9 Å². The van der Waals surface area contributed by atoms with Crippen LogP contribution >= 0.6 is 0 Å². The predicted molar refractivity (Wildman–Crippen MR) is 151 cm³/mol. The Morgan fingerprint density at radius 2 is 1.55 bits per heavy atom. The minimum absolute atomic E-state index is 0.149. The normalized spacial score (nSPS) is 18.2. The lowest BCUT2D eigenvalue weighted by Gasteiger charge is -2.54. The van der Waals surface area contributed by atoms with E-state index < -0.39 is 11.6 Å². The van der Waals surface area contributed by atoms with Crippen molar-refractivity contribution in [3.8, 4) is 5.75 Å². The lowest BCUT2D eigenvalue weighted by atomic mass is 9.72. The first-order valence-electron chi connectivity index (χ1n) is 13.9. The molecule has 1 saturated heterocycles. The van der Waals surface area contributed by atoms with E-state index in [-0.39, 0.29) is 24.0 Å². The number of nitrogens with zero attached hydrogens (tertiary/aromatic N) is 3. The highest BCUT2D eigenvalue weighted by Crippen LogP contribution is 2.47. The van der Waals surface area contributed by atoms with Gasteiger partial charge in [0.1, 0.15) is 11.2 Å². The molecule has 3 atom stereocenters. The van der Waals surface area contributed by atoms with Crippen molar-refractivity contribution in [2.45, 2.75) is 72.2 Å². The van der Waals surface area contributed by atoms with Crippen molar-refractivity contribution < 1.29 is 19.1 Å². The third-order valence-corrected chi connectivity index (χ3v) is 8.20. The first-order valence-corrected chi connectivity index (χ1v) is 13.9. The number of hydrogen-bond acceptors (Lipinski definition) is 5. The minimum Gasteiger partial charge on any atom is -0.469 e. The third-order valence-electron chi connectivity index (χ3n) is 8.20. The molecule has 7 heteroatoms. The van der Waals surface area contributed by atoms with Crippen molar-refractivity contribution in [3.63, 3.8) is 0 Å². The summed E-state index contributed by atoms with van der Waals surface area (Å²) in [5.41, 5.74) is 1.49. The lowest BCUT2D eigenvalue weighted by Crippen LogP contribution is -2.74. The van der Waals surface area contributed by atoms with Crippen molar-refractivity contribution in [3.05, 3.63) is 65.7 Å². The largest absolute Gasteiger partial charge is 0.469 e. The van der Waals surface area contributed by atoms with Crippen molar-refractivity contribution in [1.29, 1.82) is 0 Å². The molecule has 0 aromatic heterocycles. The maximum atomic E-state index is 13.9. The van der Waals surface area contributed by atoms with Gasteiger partial charge in [0.2, 0.25) is 5.91 Å². The molecule has 0 aliphatic carbocycles. The fourth-order valence-corrected chi connectivity index (χ4v) is 5.27. The Balaban J connectivity index is 1.84. The average molecular weight is 524 g/mol. The second-order valence-electron chi connectivity index (χ2n) is 10.3. The average Bonchev–Trinajstić information content (AvgIpc) is 2.95. The Hall–Kier alpha value is -2.90. The fraction of sp³-hybridized carbons (Fsp3) is 0.548. The third kappa shape index (κ3) is 5.89. The summed E-state index contributed by atoms with van der Waals surface area (Å²) in [6.07, 6.45) is 1.37. The first kappa shape index (κ1) is 29.7. The lowest BCUT2D eigenvalue weighted by molar-refractivity contribution is -0.192. The molecule has 3 amide bonds. The van der Waals surface area contributed by atoms with E-state index in [0.717, 1.165) is 24.1 Å². The maximum absolute atomic E-state index is 13.9. The van der Waals surface area contributed by atoms with E-state index in [1.54, 1.807) is 12.0 Å². The topological polar surface area (TPSA) is 62.3 Å². The summed E-state index contributed by atoms with van der Waals surface area (Å²) in [5, 5.41) is 0. The number of methoxy groups -OCH3 is 1. The Morgan fingerprint density at radius 3 is 2.11 bits per heavy atom. The van der Waals surface area contributed by atoms with E-state index >= 15 is 0 Å². The molecule has 1 aliphatic heterocycles. The smallest absolute Gasteiger partial charge is 0.330 e. The van der Waals surface area contributed by atoms with Crippen LogP contribution in [0.4, 0.5) is 4.79 Å². The van der Waals surface area contributed by atoms with Crippen LogP contribution in [0, 0.1) is 5.41 Å². The van der Waals surface area contributed by atoms with Crippen molar-refractivity contribution in [2.24, 2.45) is 5.41 Å². The Morgan fingerprint density at radius 1 is 0.947 bits per heavy atom. The highest BCUT2D eigenvalue weighted by Gasteiger charge is 2.63. The minimum atomic E-state index is -0.712. The number of β-lactam (4-membered cyclic amide) rings is 1. The van der Waals surface area contributed by atoms with Gasteiger partial charge in [-0.3, -0.25) is 9.69 Å². The molecule has 1 heterocycles. The van der Waals surface area contributed by atoms with Crippen molar-refractivity contribution in [2.75, 3.05) is 33.9 Å². The highest BCUT2D eigenvalue weighted by atomic mass is 16.5. The van der Waals surface area contributed by atoms with Gasteiger partial charge in [-0.1, -0.05) is 63.2 Å². The van der Waals surface area contributed by atoms with Gasteiger partial charge in [0, 0.05) is 26.2 Å². The molecule has 0 saturated carbocycles. The van der Waals surface area contributed by atoms with Crippen LogP contribution in [-0.4, -0.2) is 66.7 Å². The molecule has 1 aliphatic rings. The number of ether oxygens (including phenoxy) is 2. The molecule has 0 radical (unpaired) electrons. The summed E-state index contributed by atoms with van der Waals surface area (Å²) in [5.74, 6) is 0.504. The maximum Gasteiger partial charge on any atom is 0.330 e. The number of hydrogen-bond donors (Lipinski definition) is 0. The molecule has 7 nitrogen and oxygen atoms in total. The number of likely N-dealkylation sites (tertiary alicyclic amines) is 1. The van der Waals surface area contributed by atoms with Crippen molar-refractivity contribution in [1.82, 2.24) is 14.7 Å². The molecule has 1 fully saturated rings. The molecule has 2 aromatic carbocycles. The Labute approximate surface area is 228 Å². The van der Waals surface area contributed by atoms with Gasteiger partial charge < -0.3 is 14.4 Å². The van der Waals surface area contributed by atoms with Gasteiger partial charge >= 0.3 is 6.03 Å². The van der Waals surface area contributed by atoms with Gasteiger partial charge in [-0.2, -0.15) is 0 Å². The molecule has 2 aromatic rings. The van der Waals surface area contributed by atoms with Gasteiger partial charge in [-0.15, -0.1) is 0 Å².